The van der Waals surface area contributed by atoms with Gasteiger partial charge in [0.2, 0.25) is 0 Å². The first kappa shape index (κ1) is 13.8. The molecule has 22 heavy (non-hydrogen) atoms. The van der Waals surface area contributed by atoms with Crippen LogP contribution >= 0.6 is 0 Å². The molecule has 0 aliphatic rings. The molecule has 2 heterocycles. The Hall–Kier alpha value is -3.13. The molecular weight excluding hydrogens is 281 g/mol. The summed E-state index contributed by atoms with van der Waals surface area (Å²) in [6, 6.07) is 13.5. The molecule has 1 aromatic carbocycles. The van der Waals surface area contributed by atoms with Crippen LogP contribution in [0, 0.1) is 17.1 Å². The van der Waals surface area contributed by atoms with Gasteiger partial charge in [0.1, 0.15) is 29.0 Å². The molecule has 0 atom stereocenters. The number of hydrogen-bond donors (Lipinski definition) is 1. The maximum atomic E-state index is 13.0. The van der Waals surface area contributed by atoms with Gasteiger partial charge in [-0.15, -0.1) is 0 Å². The molecule has 3 rings (SSSR count). The highest BCUT2D eigenvalue weighted by atomic mass is 19.1. The van der Waals surface area contributed by atoms with Crippen molar-refractivity contribution in [2.75, 3.05) is 5.73 Å². The van der Waals surface area contributed by atoms with E-state index in [0.29, 0.717) is 23.4 Å². The number of pyridine rings is 1. The first-order valence-corrected chi connectivity index (χ1v) is 6.65. The van der Waals surface area contributed by atoms with E-state index in [1.807, 2.05) is 0 Å². The van der Waals surface area contributed by atoms with E-state index in [4.69, 9.17) is 10.2 Å². The minimum absolute atomic E-state index is 0.161. The van der Waals surface area contributed by atoms with E-state index in [1.54, 1.807) is 30.3 Å². The molecule has 0 saturated heterocycles. The van der Waals surface area contributed by atoms with Crippen molar-refractivity contribution >= 4 is 5.82 Å². The summed E-state index contributed by atoms with van der Waals surface area (Å²) in [6.07, 6.45) is 2.02. The summed E-state index contributed by atoms with van der Waals surface area (Å²) in [7, 11) is 0. The lowest BCUT2D eigenvalue weighted by Gasteiger charge is -2.08. The first-order chi connectivity index (χ1) is 10.7. The van der Waals surface area contributed by atoms with E-state index < -0.39 is 0 Å². The molecule has 0 unspecified atom stereocenters. The van der Waals surface area contributed by atoms with Crippen LogP contribution in [-0.4, -0.2) is 4.98 Å². The fourth-order valence-corrected chi connectivity index (χ4v) is 2.27. The highest BCUT2D eigenvalue weighted by Gasteiger charge is 2.14. The zero-order chi connectivity index (χ0) is 15.5. The van der Waals surface area contributed by atoms with Crippen LogP contribution in [0.4, 0.5) is 10.2 Å². The molecular formula is C17H12FN3O. The van der Waals surface area contributed by atoms with Crippen LogP contribution in [0.1, 0.15) is 16.8 Å². The fourth-order valence-electron chi connectivity index (χ4n) is 2.27. The van der Waals surface area contributed by atoms with Crippen molar-refractivity contribution in [1.82, 2.24) is 4.98 Å². The van der Waals surface area contributed by atoms with Crippen LogP contribution in [-0.2, 0) is 6.42 Å². The third-order valence-electron chi connectivity index (χ3n) is 3.30. The molecule has 0 aliphatic heterocycles. The third-order valence-corrected chi connectivity index (χ3v) is 3.30. The van der Waals surface area contributed by atoms with Crippen LogP contribution in [0.5, 0.6) is 0 Å². The molecule has 0 radical (unpaired) electrons. The van der Waals surface area contributed by atoms with Gasteiger partial charge < -0.3 is 10.2 Å². The lowest BCUT2D eigenvalue weighted by atomic mass is 10.0. The van der Waals surface area contributed by atoms with Crippen LogP contribution in [0.2, 0.25) is 0 Å². The molecule has 0 aliphatic carbocycles. The number of nitrogen functional groups attached to an aromatic ring is 1. The van der Waals surface area contributed by atoms with E-state index in [-0.39, 0.29) is 17.2 Å². The Balaban J connectivity index is 2.03. The molecule has 0 spiro atoms. The molecule has 2 aromatic heterocycles. The van der Waals surface area contributed by atoms with Crippen molar-refractivity contribution in [2.45, 2.75) is 6.42 Å². The minimum Gasteiger partial charge on any atom is -0.464 e. The monoisotopic (exact) mass is 293 g/mol. The average Bonchev–Trinajstić information content (AvgIpc) is 3.03. The number of furan rings is 1. The normalized spacial score (nSPS) is 10.4. The summed E-state index contributed by atoms with van der Waals surface area (Å²) in [5, 5.41) is 9.26. The molecule has 5 heteroatoms. The summed E-state index contributed by atoms with van der Waals surface area (Å²) in [5.41, 5.74) is 8.37. The van der Waals surface area contributed by atoms with Crippen molar-refractivity contribution in [2.24, 2.45) is 0 Å². The average molecular weight is 293 g/mol. The quantitative estimate of drug-likeness (QED) is 0.801. The highest BCUT2D eigenvalue weighted by Crippen LogP contribution is 2.28. The van der Waals surface area contributed by atoms with Gasteiger partial charge in [0, 0.05) is 17.7 Å². The van der Waals surface area contributed by atoms with Crippen molar-refractivity contribution in [3.05, 3.63) is 71.4 Å². The number of nitrogens with zero attached hydrogens (tertiary/aromatic N) is 2. The zero-order valence-corrected chi connectivity index (χ0v) is 11.6. The lowest BCUT2D eigenvalue weighted by molar-refractivity contribution is 0.582. The largest absolute Gasteiger partial charge is 0.464 e. The van der Waals surface area contributed by atoms with Crippen molar-refractivity contribution < 1.29 is 8.81 Å². The number of hydrogen-bond acceptors (Lipinski definition) is 4. The van der Waals surface area contributed by atoms with E-state index in [1.165, 1.54) is 18.4 Å². The van der Waals surface area contributed by atoms with E-state index in [0.717, 1.165) is 5.56 Å². The zero-order valence-electron chi connectivity index (χ0n) is 11.6. The maximum Gasteiger partial charge on any atom is 0.142 e. The Labute approximate surface area is 126 Å². The van der Waals surface area contributed by atoms with Gasteiger partial charge in [-0.25, -0.2) is 9.37 Å². The van der Waals surface area contributed by atoms with E-state index in [9.17, 15) is 9.65 Å². The lowest BCUT2D eigenvalue weighted by Crippen LogP contribution is -2.02. The Morgan fingerprint density at radius 3 is 2.64 bits per heavy atom. The molecule has 0 amide bonds. The maximum absolute atomic E-state index is 13.0. The van der Waals surface area contributed by atoms with Gasteiger partial charge in [-0.2, -0.15) is 5.26 Å². The molecule has 3 aromatic rings. The third kappa shape index (κ3) is 2.67. The topological polar surface area (TPSA) is 75.8 Å². The highest BCUT2D eigenvalue weighted by molar-refractivity contribution is 5.72. The molecule has 0 bridgehead atoms. The summed E-state index contributed by atoms with van der Waals surface area (Å²) in [5.74, 6) is 0.437. The Morgan fingerprint density at radius 2 is 2.00 bits per heavy atom. The van der Waals surface area contributed by atoms with Crippen LogP contribution in [0.3, 0.4) is 0 Å². The second-order valence-electron chi connectivity index (χ2n) is 4.81. The summed E-state index contributed by atoms with van der Waals surface area (Å²) in [6.45, 7) is 0. The first-order valence-electron chi connectivity index (χ1n) is 6.65. The Kier molecular flexibility index (Phi) is 3.58. The van der Waals surface area contributed by atoms with Gasteiger partial charge >= 0.3 is 0 Å². The van der Waals surface area contributed by atoms with Crippen LogP contribution < -0.4 is 5.73 Å². The second kappa shape index (κ2) is 5.70. The number of benzene rings is 1. The van der Waals surface area contributed by atoms with E-state index in [2.05, 4.69) is 11.1 Å². The van der Waals surface area contributed by atoms with Crippen LogP contribution in [0.15, 0.2) is 53.1 Å². The smallest absolute Gasteiger partial charge is 0.142 e. The Morgan fingerprint density at radius 1 is 1.23 bits per heavy atom. The number of nitrogens with two attached hydrogens (primary N) is 1. The summed E-state index contributed by atoms with van der Waals surface area (Å²) in [4.78, 5) is 4.25. The molecule has 2 N–H and O–H groups in total. The molecule has 0 fully saturated rings. The number of aromatic nitrogens is 1. The Bertz CT molecular complexity index is 834. The molecule has 108 valence electrons. The second-order valence-corrected chi connectivity index (χ2v) is 4.81. The SMILES string of the molecule is N#Cc1c(-c2ccco2)cc(Cc2ccc(F)cc2)nc1N. The standard InChI is InChI=1S/C17H12FN3O/c18-12-5-3-11(4-6-12)8-13-9-14(16-2-1-7-22-16)15(10-19)17(20)21-13/h1-7,9H,8H2,(H2,20,21). The van der Waals surface area contributed by atoms with Crippen molar-refractivity contribution in [3.8, 4) is 17.4 Å². The van der Waals surface area contributed by atoms with E-state index >= 15 is 0 Å². The minimum atomic E-state index is -0.285. The summed E-state index contributed by atoms with van der Waals surface area (Å²) < 4.78 is 18.3. The van der Waals surface area contributed by atoms with Gasteiger partial charge in [-0.1, -0.05) is 12.1 Å². The van der Waals surface area contributed by atoms with Crippen molar-refractivity contribution in [3.63, 3.8) is 0 Å². The van der Waals surface area contributed by atoms with Crippen LogP contribution in [0.25, 0.3) is 11.3 Å². The number of halogens is 1. The van der Waals surface area contributed by atoms with Gasteiger partial charge in [0.25, 0.3) is 0 Å². The molecule has 4 nitrogen and oxygen atoms in total. The fraction of sp³-hybridized carbons (Fsp3) is 0.0588. The summed E-state index contributed by atoms with van der Waals surface area (Å²) >= 11 is 0. The molecule has 0 saturated carbocycles. The van der Waals surface area contributed by atoms with Crippen molar-refractivity contribution in [1.29, 1.82) is 5.26 Å². The van der Waals surface area contributed by atoms with Gasteiger partial charge in [0.05, 0.1) is 6.26 Å². The van der Waals surface area contributed by atoms with Gasteiger partial charge in [0.15, 0.2) is 0 Å². The predicted molar refractivity (Wildman–Crippen MR) is 80.3 cm³/mol. The number of nitriles is 1. The van der Waals surface area contributed by atoms with Gasteiger partial charge in [-0.05, 0) is 35.9 Å². The number of rotatable bonds is 3. The van der Waals surface area contributed by atoms with Gasteiger partial charge in [-0.3, -0.25) is 0 Å². The predicted octanol–water partition coefficient (Wildman–Crippen LogP) is 3.53. The number of anilines is 1.